The third-order valence-electron chi connectivity index (χ3n) is 1.59. The number of carbonyl (C=O) groups is 1. The van der Waals surface area contributed by atoms with E-state index in [-0.39, 0.29) is 0 Å². The molecule has 0 bridgehead atoms. The quantitative estimate of drug-likeness (QED) is 0.640. The molecule has 0 aromatic rings. The van der Waals surface area contributed by atoms with E-state index in [1.165, 1.54) is 0 Å². The first kappa shape index (κ1) is 16.6. The lowest BCUT2D eigenvalue weighted by atomic mass is 10.0. The summed E-state index contributed by atoms with van der Waals surface area (Å²) in [4.78, 5) is 9.61. The molecule has 0 amide bonds. The molecule has 0 aliphatic heterocycles. The fraction of sp³-hybridized carbons (Fsp3) is 0.833. The maximum atomic E-state index is 12.5. The zero-order valence-electron chi connectivity index (χ0n) is 7.87. The Morgan fingerprint density at radius 3 is 1.56 bits per heavy atom. The summed E-state index contributed by atoms with van der Waals surface area (Å²) >= 11 is 0. The van der Waals surface area contributed by atoms with Crippen LogP contribution in [0.25, 0.3) is 0 Å². The second kappa shape index (κ2) is 4.39. The van der Waals surface area contributed by atoms with Gasteiger partial charge in [0.25, 0.3) is 0 Å². The van der Waals surface area contributed by atoms with Crippen LogP contribution in [-0.2, 0) is 4.74 Å². The van der Waals surface area contributed by atoms with Crippen molar-refractivity contribution in [3.8, 4) is 0 Å². The third kappa shape index (κ3) is 2.72. The monoisotopic (exact) mass is 294 g/mol. The molecule has 12 heteroatoms. The first-order valence-corrected chi connectivity index (χ1v) is 3.72. The molecule has 0 aromatic heterocycles. The van der Waals surface area contributed by atoms with Crippen LogP contribution in [0, 0.1) is 0 Å². The maximum Gasteiger partial charge on any atom is 0.505 e. The van der Waals surface area contributed by atoms with Crippen LogP contribution in [0.15, 0.2) is 0 Å². The van der Waals surface area contributed by atoms with Crippen molar-refractivity contribution in [3.05, 3.63) is 0 Å². The van der Waals surface area contributed by atoms with Gasteiger partial charge in [0.2, 0.25) is 0 Å². The van der Waals surface area contributed by atoms with E-state index in [1.807, 2.05) is 0 Å². The SMILES string of the molecule is O=C(O)OCC(F)(F)C(F)(F)C(F)(F)C(F)(F)F. The molecule has 0 atom stereocenters. The molecular weight excluding hydrogens is 291 g/mol. The van der Waals surface area contributed by atoms with Gasteiger partial charge in [-0.1, -0.05) is 0 Å². The lowest BCUT2D eigenvalue weighted by Crippen LogP contribution is -2.62. The smallest absolute Gasteiger partial charge is 0.450 e. The zero-order chi connectivity index (χ0) is 15.0. The summed E-state index contributed by atoms with van der Waals surface area (Å²) in [5.74, 6) is -20.0. The van der Waals surface area contributed by atoms with Gasteiger partial charge in [-0.05, 0) is 0 Å². The minimum Gasteiger partial charge on any atom is -0.450 e. The standard InChI is InChI=1S/C6H3F9O3/c7-3(8,1-18-2(16)17)4(9,10)5(11,12)6(13,14)15/h1H2,(H,16,17). The third-order valence-corrected chi connectivity index (χ3v) is 1.59. The van der Waals surface area contributed by atoms with E-state index in [0.717, 1.165) is 0 Å². The van der Waals surface area contributed by atoms with Crippen LogP contribution >= 0.6 is 0 Å². The van der Waals surface area contributed by atoms with Crippen molar-refractivity contribution in [2.75, 3.05) is 6.61 Å². The molecular formula is C6H3F9O3. The van der Waals surface area contributed by atoms with Crippen LogP contribution in [0.2, 0.25) is 0 Å². The molecule has 0 fully saturated rings. The molecule has 0 radical (unpaired) electrons. The Hall–Kier alpha value is -1.36. The Labute approximate surface area is 92.1 Å². The van der Waals surface area contributed by atoms with E-state index >= 15 is 0 Å². The van der Waals surface area contributed by atoms with E-state index in [9.17, 15) is 44.3 Å². The predicted octanol–water partition coefficient (Wildman–Crippen LogP) is 3.15. The molecule has 0 spiro atoms. The second-order valence-corrected chi connectivity index (χ2v) is 2.91. The summed E-state index contributed by atoms with van der Waals surface area (Å²) in [6, 6.07) is 0. The Bertz CT molecular complexity index is 321. The molecule has 108 valence electrons. The van der Waals surface area contributed by atoms with Gasteiger partial charge in [0.15, 0.2) is 6.61 Å². The number of carboxylic acid groups (broad SMARTS) is 1. The van der Waals surface area contributed by atoms with Crippen LogP contribution in [0.1, 0.15) is 0 Å². The van der Waals surface area contributed by atoms with Gasteiger partial charge in [-0.25, -0.2) is 4.79 Å². The summed E-state index contributed by atoms with van der Waals surface area (Å²) in [6.45, 7) is -2.85. The lowest BCUT2D eigenvalue weighted by molar-refractivity contribution is -0.398. The molecule has 0 heterocycles. The van der Waals surface area contributed by atoms with Crippen molar-refractivity contribution >= 4 is 6.16 Å². The summed E-state index contributed by atoms with van der Waals surface area (Å²) < 4.78 is 112. The predicted molar refractivity (Wildman–Crippen MR) is 34.9 cm³/mol. The van der Waals surface area contributed by atoms with Crippen LogP contribution < -0.4 is 0 Å². The Kier molecular flexibility index (Phi) is 4.06. The highest BCUT2D eigenvalue weighted by Gasteiger charge is 2.81. The van der Waals surface area contributed by atoms with Crippen LogP contribution in [0.3, 0.4) is 0 Å². The van der Waals surface area contributed by atoms with Crippen molar-refractivity contribution in [1.29, 1.82) is 0 Å². The number of hydrogen-bond donors (Lipinski definition) is 1. The molecule has 3 nitrogen and oxygen atoms in total. The van der Waals surface area contributed by atoms with Crippen molar-refractivity contribution < 1.29 is 54.2 Å². The number of hydrogen-bond acceptors (Lipinski definition) is 2. The maximum absolute atomic E-state index is 12.5. The molecule has 0 saturated heterocycles. The van der Waals surface area contributed by atoms with Crippen molar-refractivity contribution in [1.82, 2.24) is 0 Å². The van der Waals surface area contributed by atoms with Gasteiger partial charge in [-0.2, -0.15) is 39.5 Å². The average Bonchev–Trinajstić information content (AvgIpc) is 2.12. The highest BCUT2D eigenvalue weighted by atomic mass is 19.4. The fourth-order valence-corrected chi connectivity index (χ4v) is 0.651. The van der Waals surface area contributed by atoms with Gasteiger partial charge in [0.05, 0.1) is 0 Å². The summed E-state index contributed by atoms with van der Waals surface area (Å²) in [5.41, 5.74) is 0. The molecule has 0 aromatic carbocycles. The van der Waals surface area contributed by atoms with Crippen LogP contribution in [0.5, 0.6) is 0 Å². The Balaban J connectivity index is 5.29. The molecule has 1 N–H and O–H groups in total. The molecule has 0 unspecified atom stereocenters. The number of alkyl halides is 9. The molecule has 0 aliphatic carbocycles. The van der Waals surface area contributed by atoms with Gasteiger partial charge in [-0.15, -0.1) is 0 Å². The zero-order valence-corrected chi connectivity index (χ0v) is 7.87. The molecule has 0 saturated carbocycles. The van der Waals surface area contributed by atoms with E-state index < -0.39 is 36.7 Å². The highest BCUT2D eigenvalue weighted by molar-refractivity contribution is 5.56. The summed E-state index contributed by atoms with van der Waals surface area (Å²) in [5, 5.41) is 7.70. The highest BCUT2D eigenvalue weighted by Crippen LogP contribution is 2.52. The minimum absolute atomic E-state index is 2.54. The first-order valence-electron chi connectivity index (χ1n) is 3.72. The van der Waals surface area contributed by atoms with Crippen LogP contribution in [0.4, 0.5) is 44.3 Å². The fourth-order valence-electron chi connectivity index (χ4n) is 0.651. The first-order chi connectivity index (χ1) is 7.67. The summed E-state index contributed by atoms with van der Waals surface area (Å²) in [7, 11) is 0. The number of rotatable bonds is 4. The van der Waals surface area contributed by atoms with Gasteiger partial charge < -0.3 is 9.84 Å². The van der Waals surface area contributed by atoms with Gasteiger partial charge in [0.1, 0.15) is 0 Å². The van der Waals surface area contributed by atoms with E-state index in [4.69, 9.17) is 5.11 Å². The largest absolute Gasteiger partial charge is 0.505 e. The normalized spacial score (nSPS) is 14.5. The van der Waals surface area contributed by atoms with Crippen LogP contribution in [-0.4, -0.2) is 41.8 Å². The van der Waals surface area contributed by atoms with E-state index in [0.29, 0.717) is 0 Å². The van der Waals surface area contributed by atoms with Crippen molar-refractivity contribution in [3.63, 3.8) is 0 Å². The second-order valence-electron chi connectivity index (χ2n) is 2.91. The summed E-state index contributed by atoms with van der Waals surface area (Å²) in [6.07, 6.45) is -9.48. The van der Waals surface area contributed by atoms with E-state index in [2.05, 4.69) is 4.74 Å². The molecule has 18 heavy (non-hydrogen) atoms. The van der Waals surface area contributed by atoms with E-state index in [1.54, 1.807) is 0 Å². The van der Waals surface area contributed by atoms with Gasteiger partial charge in [0, 0.05) is 0 Å². The number of ether oxygens (including phenoxy) is 1. The minimum atomic E-state index is -7.05. The molecule has 0 aliphatic rings. The van der Waals surface area contributed by atoms with Gasteiger partial charge >= 0.3 is 30.1 Å². The van der Waals surface area contributed by atoms with Crippen molar-refractivity contribution in [2.45, 2.75) is 23.9 Å². The lowest BCUT2D eigenvalue weighted by Gasteiger charge is -2.32. The topological polar surface area (TPSA) is 46.5 Å². The van der Waals surface area contributed by atoms with Crippen molar-refractivity contribution in [2.24, 2.45) is 0 Å². The average molecular weight is 294 g/mol. The Morgan fingerprint density at radius 2 is 1.28 bits per heavy atom. The van der Waals surface area contributed by atoms with Gasteiger partial charge in [-0.3, -0.25) is 0 Å². The Morgan fingerprint density at radius 1 is 0.889 bits per heavy atom. The molecule has 0 rings (SSSR count). The number of halogens is 9.